The topological polar surface area (TPSA) is 56.0 Å². The lowest BCUT2D eigenvalue weighted by Gasteiger charge is -2.18. The first kappa shape index (κ1) is 17.2. The van der Waals surface area contributed by atoms with Crippen LogP contribution in [0.4, 0.5) is 5.82 Å². The Labute approximate surface area is 158 Å². The van der Waals surface area contributed by atoms with Gasteiger partial charge >= 0.3 is 0 Å². The lowest BCUT2D eigenvalue weighted by Crippen LogP contribution is -2.20. The van der Waals surface area contributed by atoms with Crippen molar-refractivity contribution in [2.75, 3.05) is 5.73 Å². The molecule has 0 radical (unpaired) electrons. The molecule has 0 saturated heterocycles. The number of nitrogens with two attached hydrogens (primary N) is 1. The number of nitrogen functional groups attached to an aromatic ring is 1. The highest BCUT2D eigenvalue weighted by Gasteiger charge is 2.25. The third kappa shape index (κ3) is 2.95. The van der Waals surface area contributed by atoms with E-state index in [1.165, 1.54) is 0 Å². The molecule has 3 heteroatoms. The molecule has 1 aromatic heterocycles. The molecule has 27 heavy (non-hydrogen) atoms. The fourth-order valence-electron chi connectivity index (χ4n) is 3.48. The molecule has 0 amide bonds. The van der Waals surface area contributed by atoms with Crippen molar-refractivity contribution in [2.45, 2.75) is 20.8 Å². The first-order valence-corrected chi connectivity index (χ1v) is 9.08. The number of aromatic nitrogens is 1. The van der Waals surface area contributed by atoms with Crippen LogP contribution in [-0.4, -0.2) is 10.8 Å². The predicted octanol–water partition coefficient (Wildman–Crippen LogP) is 5.87. The highest BCUT2D eigenvalue weighted by atomic mass is 16.1. The SMILES string of the molecule is CC(C)(C)C(=O)c1cccc2cc(-c3cccc4ccccc34)c(N)nc12. The molecule has 0 bridgehead atoms. The number of hydrogen-bond donors (Lipinski definition) is 1. The largest absolute Gasteiger partial charge is 0.383 e. The van der Waals surface area contributed by atoms with Gasteiger partial charge in [-0.3, -0.25) is 4.79 Å². The van der Waals surface area contributed by atoms with E-state index in [0.717, 1.165) is 27.3 Å². The van der Waals surface area contributed by atoms with Gasteiger partial charge in [0.2, 0.25) is 0 Å². The summed E-state index contributed by atoms with van der Waals surface area (Å²) in [7, 11) is 0. The normalized spacial score (nSPS) is 11.8. The molecule has 4 rings (SSSR count). The molecule has 0 fully saturated rings. The summed E-state index contributed by atoms with van der Waals surface area (Å²) in [4.78, 5) is 17.5. The van der Waals surface area contributed by atoms with Crippen LogP contribution >= 0.6 is 0 Å². The monoisotopic (exact) mass is 354 g/mol. The lowest BCUT2D eigenvalue weighted by molar-refractivity contribution is 0.0860. The average Bonchev–Trinajstić information content (AvgIpc) is 2.65. The van der Waals surface area contributed by atoms with Crippen LogP contribution in [0.1, 0.15) is 31.1 Å². The molecular formula is C24H22N2O. The lowest BCUT2D eigenvalue weighted by atomic mass is 9.85. The Hall–Kier alpha value is -3.20. The van der Waals surface area contributed by atoms with Gasteiger partial charge < -0.3 is 5.73 Å². The molecule has 0 atom stereocenters. The molecule has 0 aliphatic rings. The van der Waals surface area contributed by atoms with Crippen LogP contribution in [0.3, 0.4) is 0 Å². The van der Waals surface area contributed by atoms with Gasteiger partial charge in [0, 0.05) is 21.9 Å². The number of pyridine rings is 1. The number of benzene rings is 3. The van der Waals surface area contributed by atoms with E-state index in [1.54, 1.807) is 0 Å². The fourth-order valence-corrected chi connectivity index (χ4v) is 3.48. The summed E-state index contributed by atoms with van der Waals surface area (Å²) < 4.78 is 0. The highest BCUT2D eigenvalue weighted by molar-refractivity contribution is 6.10. The molecular weight excluding hydrogens is 332 g/mol. The second kappa shape index (κ2) is 6.20. The van der Waals surface area contributed by atoms with Crippen LogP contribution < -0.4 is 5.73 Å². The van der Waals surface area contributed by atoms with Gasteiger partial charge in [0.25, 0.3) is 0 Å². The second-order valence-electron chi connectivity index (χ2n) is 7.90. The number of anilines is 1. The van der Waals surface area contributed by atoms with Gasteiger partial charge in [0.15, 0.2) is 5.78 Å². The minimum atomic E-state index is -0.473. The quantitative estimate of drug-likeness (QED) is 0.458. The van der Waals surface area contributed by atoms with E-state index in [9.17, 15) is 4.79 Å². The molecule has 2 N–H and O–H groups in total. The first-order chi connectivity index (χ1) is 12.9. The number of para-hydroxylation sites is 1. The van der Waals surface area contributed by atoms with Crippen molar-refractivity contribution < 1.29 is 4.79 Å². The second-order valence-corrected chi connectivity index (χ2v) is 7.90. The molecule has 0 spiro atoms. The maximum absolute atomic E-state index is 12.8. The van der Waals surface area contributed by atoms with Gasteiger partial charge in [-0.05, 0) is 28.5 Å². The molecule has 1 heterocycles. The van der Waals surface area contributed by atoms with E-state index < -0.39 is 5.41 Å². The fraction of sp³-hybridized carbons (Fsp3) is 0.167. The zero-order valence-corrected chi connectivity index (χ0v) is 15.8. The van der Waals surface area contributed by atoms with Crippen molar-refractivity contribution in [2.24, 2.45) is 5.41 Å². The van der Waals surface area contributed by atoms with Crippen molar-refractivity contribution in [1.82, 2.24) is 4.98 Å². The molecule has 3 aromatic carbocycles. The number of hydrogen-bond acceptors (Lipinski definition) is 3. The van der Waals surface area contributed by atoms with Crippen LogP contribution in [0, 0.1) is 5.41 Å². The minimum Gasteiger partial charge on any atom is -0.383 e. The number of ketones is 1. The first-order valence-electron chi connectivity index (χ1n) is 9.08. The summed E-state index contributed by atoms with van der Waals surface area (Å²) in [5.41, 5.74) is 9.12. The zero-order chi connectivity index (χ0) is 19.2. The Morgan fingerprint density at radius 2 is 1.52 bits per heavy atom. The molecule has 0 saturated carbocycles. The molecule has 0 unspecified atom stereocenters. The van der Waals surface area contributed by atoms with Gasteiger partial charge in [0.05, 0.1) is 5.52 Å². The Morgan fingerprint density at radius 3 is 2.30 bits per heavy atom. The van der Waals surface area contributed by atoms with E-state index in [4.69, 9.17) is 5.73 Å². The van der Waals surface area contributed by atoms with Crippen LogP contribution in [0.25, 0.3) is 32.8 Å². The number of rotatable bonds is 2. The average molecular weight is 354 g/mol. The Bertz CT molecular complexity index is 1180. The summed E-state index contributed by atoms with van der Waals surface area (Å²) in [6, 6.07) is 22.2. The summed E-state index contributed by atoms with van der Waals surface area (Å²) in [6.07, 6.45) is 0. The van der Waals surface area contributed by atoms with Gasteiger partial charge in [-0.2, -0.15) is 0 Å². The molecule has 3 nitrogen and oxygen atoms in total. The zero-order valence-electron chi connectivity index (χ0n) is 15.8. The number of carbonyl (C=O) groups excluding carboxylic acids is 1. The van der Waals surface area contributed by atoms with Crippen LogP contribution in [0.15, 0.2) is 66.7 Å². The summed E-state index contributed by atoms with van der Waals surface area (Å²) in [5.74, 6) is 0.505. The van der Waals surface area contributed by atoms with Crippen LogP contribution in [-0.2, 0) is 0 Å². The van der Waals surface area contributed by atoms with Gasteiger partial charge in [-0.25, -0.2) is 4.98 Å². The molecule has 0 aliphatic carbocycles. The van der Waals surface area contributed by atoms with Crippen molar-refractivity contribution in [3.63, 3.8) is 0 Å². The van der Waals surface area contributed by atoms with Crippen molar-refractivity contribution in [1.29, 1.82) is 0 Å². The minimum absolute atomic E-state index is 0.0675. The maximum atomic E-state index is 12.8. The summed E-state index contributed by atoms with van der Waals surface area (Å²) in [6.45, 7) is 5.76. The van der Waals surface area contributed by atoms with Crippen molar-refractivity contribution >= 4 is 33.3 Å². The number of carbonyl (C=O) groups is 1. The Balaban J connectivity index is 1.97. The van der Waals surface area contributed by atoms with Gasteiger partial charge in [-0.1, -0.05) is 75.4 Å². The van der Waals surface area contributed by atoms with Gasteiger partial charge in [-0.15, -0.1) is 0 Å². The van der Waals surface area contributed by atoms with E-state index in [-0.39, 0.29) is 5.78 Å². The predicted molar refractivity (Wildman–Crippen MR) is 113 cm³/mol. The van der Waals surface area contributed by atoms with E-state index >= 15 is 0 Å². The van der Waals surface area contributed by atoms with Crippen molar-refractivity contribution in [3.8, 4) is 11.1 Å². The van der Waals surface area contributed by atoms with E-state index in [2.05, 4.69) is 29.2 Å². The van der Waals surface area contributed by atoms with E-state index in [1.807, 2.05) is 63.2 Å². The Kier molecular flexibility index (Phi) is 3.96. The summed E-state index contributed by atoms with van der Waals surface area (Å²) >= 11 is 0. The smallest absolute Gasteiger partial charge is 0.170 e. The third-order valence-electron chi connectivity index (χ3n) is 4.88. The van der Waals surface area contributed by atoms with Crippen molar-refractivity contribution in [3.05, 3.63) is 72.3 Å². The van der Waals surface area contributed by atoms with E-state index in [0.29, 0.717) is 16.9 Å². The molecule has 134 valence electrons. The standard InChI is InChI=1S/C24H22N2O/c1-24(2,3)22(27)19-13-7-10-16-14-20(23(25)26-21(16)19)18-12-6-9-15-8-4-5-11-17(15)18/h4-14H,1-3H3,(H2,25,26). The summed E-state index contributed by atoms with van der Waals surface area (Å²) in [5, 5.41) is 3.21. The molecule has 4 aromatic rings. The number of fused-ring (bicyclic) bond motifs is 2. The Morgan fingerprint density at radius 1 is 0.852 bits per heavy atom. The number of nitrogens with zero attached hydrogens (tertiary/aromatic N) is 1. The van der Waals surface area contributed by atoms with Gasteiger partial charge in [0.1, 0.15) is 5.82 Å². The highest BCUT2D eigenvalue weighted by Crippen LogP contribution is 2.35. The third-order valence-corrected chi connectivity index (χ3v) is 4.88. The molecule has 0 aliphatic heterocycles. The number of Topliss-reactive ketones (excluding diaryl/α,β-unsaturated/α-hetero) is 1. The van der Waals surface area contributed by atoms with Crippen LogP contribution in [0.2, 0.25) is 0 Å². The van der Waals surface area contributed by atoms with Crippen LogP contribution in [0.5, 0.6) is 0 Å². The maximum Gasteiger partial charge on any atom is 0.170 e.